The monoisotopic (exact) mass is 590 g/mol. The van der Waals surface area contributed by atoms with Crippen molar-refractivity contribution in [3.63, 3.8) is 0 Å². The second-order valence-corrected chi connectivity index (χ2v) is 9.91. The zero-order valence-electron chi connectivity index (χ0n) is 18.8. The van der Waals surface area contributed by atoms with E-state index in [-0.39, 0.29) is 0 Å². The third-order valence-electron chi connectivity index (χ3n) is 5.68. The average molecular weight is 592 g/mol. The van der Waals surface area contributed by atoms with Crippen LogP contribution in [0.25, 0.3) is 45.0 Å². The molecule has 0 spiro atoms. The van der Waals surface area contributed by atoms with E-state index in [4.69, 9.17) is 20.5 Å². The fraction of sp³-hybridized carbons (Fsp3) is 0. The first kappa shape index (κ1) is 23.6. The maximum absolute atomic E-state index is 9.16. The molecule has 0 unspecified atom stereocenters. The molecule has 0 saturated carbocycles. The lowest BCUT2D eigenvalue weighted by atomic mass is 10.0. The van der Waals surface area contributed by atoms with Gasteiger partial charge in [0.15, 0.2) is 5.82 Å². The standard InChI is InChI=1S/C30H16Br2N4/c31-26-13-25(14-27(32)15-26)29-16-28(35-30(36-29)24-7-3-20(18-34)4-8-24)23-11-9-22(10-12-23)21-5-1-19(17-33)2-6-21/h1-16H. The first-order chi connectivity index (χ1) is 17.5. The molecule has 1 heterocycles. The lowest BCUT2D eigenvalue weighted by Crippen LogP contribution is -1.96. The summed E-state index contributed by atoms with van der Waals surface area (Å²) in [6.07, 6.45) is 0. The third-order valence-corrected chi connectivity index (χ3v) is 6.60. The molecule has 0 radical (unpaired) electrons. The quantitative estimate of drug-likeness (QED) is 0.210. The number of halogens is 2. The van der Waals surface area contributed by atoms with Gasteiger partial charge in [-0.15, -0.1) is 0 Å². The van der Waals surface area contributed by atoms with Crippen molar-refractivity contribution in [3.8, 4) is 57.2 Å². The third kappa shape index (κ3) is 5.11. The van der Waals surface area contributed by atoms with Gasteiger partial charge in [0.1, 0.15) is 0 Å². The normalized spacial score (nSPS) is 10.4. The van der Waals surface area contributed by atoms with Crippen molar-refractivity contribution in [2.24, 2.45) is 0 Å². The molecule has 5 aromatic rings. The smallest absolute Gasteiger partial charge is 0.160 e. The summed E-state index contributed by atoms with van der Waals surface area (Å²) in [5, 5.41) is 18.2. The predicted molar refractivity (Wildman–Crippen MR) is 149 cm³/mol. The van der Waals surface area contributed by atoms with Crippen LogP contribution in [0.5, 0.6) is 0 Å². The Labute approximate surface area is 225 Å². The van der Waals surface area contributed by atoms with E-state index in [1.54, 1.807) is 12.1 Å². The molecule has 1 aromatic heterocycles. The number of hydrogen-bond acceptors (Lipinski definition) is 4. The van der Waals surface area contributed by atoms with Crippen LogP contribution in [0.3, 0.4) is 0 Å². The van der Waals surface area contributed by atoms with Gasteiger partial charge in [0.05, 0.1) is 34.7 Å². The van der Waals surface area contributed by atoms with Crippen molar-refractivity contribution in [2.45, 2.75) is 0 Å². The molecule has 0 fully saturated rings. The van der Waals surface area contributed by atoms with Crippen molar-refractivity contribution < 1.29 is 0 Å². The molecule has 0 bridgehead atoms. The Morgan fingerprint density at radius 3 is 1.39 bits per heavy atom. The van der Waals surface area contributed by atoms with Crippen molar-refractivity contribution >= 4 is 31.9 Å². The number of rotatable bonds is 4. The summed E-state index contributed by atoms with van der Waals surface area (Å²) in [7, 11) is 0. The van der Waals surface area contributed by atoms with Crippen LogP contribution in [0.4, 0.5) is 0 Å². The highest BCUT2D eigenvalue weighted by Gasteiger charge is 2.12. The molecule has 0 aliphatic carbocycles. The van der Waals surface area contributed by atoms with Crippen molar-refractivity contribution in [1.29, 1.82) is 10.5 Å². The number of hydrogen-bond donors (Lipinski definition) is 0. The molecular weight excluding hydrogens is 576 g/mol. The van der Waals surface area contributed by atoms with E-state index in [2.05, 4.69) is 56.1 Å². The number of aromatic nitrogens is 2. The number of nitrogens with zero attached hydrogens (tertiary/aromatic N) is 4. The highest BCUT2D eigenvalue weighted by atomic mass is 79.9. The van der Waals surface area contributed by atoms with Crippen molar-refractivity contribution in [1.82, 2.24) is 9.97 Å². The van der Waals surface area contributed by atoms with Gasteiger partial charge >= 0.3 is 0 Å². The van der Waals surface area contributed by atoms with Gasteiger partial charge < -0.3 is 0 Å². The predicted octanol–water partition coefficient (Wildman–Crippen LogP) is 8.41. The highest BCUT2D eigenvalue weighted by Crippen LogP contribution is 2.32. The van der Waals surface area contributed by atoms with Crippen LogP contribution in [0.15, 0.2) is 106 Å². The largest absolute Gasteiger partial charge is 0.228 e. The lowest BCUT2D eigenvalue weighted by molar-refractivity contribution is 1.18. The minimum atomic E-state index is 0.583. The fourth-order valence-corrected chi connectivity index (χ4v) is 5.13. The SMILES string of the molecule is N#Cc1ccc(-c2ccc(-c3cc(-c4cc(Br)cc(Br)c4)nc(-c4ccc(C#N)cc4)n3)cc2)cc1. The minimum absolute atomic E-state index is 0.583. The first-order valence-electron chi connectivity index (χ1n) is 11.0. The molecule has 36 heavy (non-hydrogen) atoms. The van der Waals surface area contributed by atoms with E-state index in [9.17, 15) is 0 Å². The average Bonchev–Trinajstić information content (AvgIpc) is 2.92. The van der Waals surface area contributed by atoms with E-state index in [0.29, 0.717) is 17.0 Å². The van der Waals surface area contributed by atoms with Gasteiger partial charge in [-0.2, -0.15) is 10.5 Å². The maximum Gasteiger partial charge on any atom is 0.160 e. The first-order valence-corrected chi connectivity index (χ1v) is 12.6. The van der Waals surface area contributed by atoms with Gasteiger partial charge in [0.25, 0.3) is 0 Å². The zero-order valence-corrected chi connectivity index (χ0v) is 22.0. The van der Waals surface area contributed by atoms with Crippen molar-refractivity contribution in [2.75, 3.05) is 0 Å². The summed E-state index contributed by atoms with van der Waals surface area (Å²) in [6.45, 7) is 0. The maximum atomic E-state index is 9.16. The van der Waals surface area contributed by atoms with Gasteiger partial charge in [-0.05, 0) is 71.8 Å². The summed E-state index contributed by atoms with van der Waals surface area (Å²) in [5.41, 5.74) is 7.65. The van der Waals surface area contributed by atoms with Gasteiger partial charge in [-0.25, -0.2) is 9.97 Å². The van der Waals surface area contributed by atoms with Crippen LogP contribution in [0.1, 0.15) is 11.1 Å². The van der Waals surface area contributed by atoms with Gasteiger partial charge in [0.2, 0.25) is 0 Å². The summed E-state index contributed by atoms with van der Waals surface area (Å²) >= 11 is 7.14. The van der Waals surface area contributed by atoms with E-state index >= 15 is 0 Å². The van der Waals surface area contributed by atoms with Crippen LogP contribution >= 0.6 is 31.9 Å². The summed E-state index contributed by atoms with van der Waals surface area (Å²) < 4.78 is 1.89. The van der Waals surface area contributed by atoms with Gasteiger partial charge in [0, 0.05) is 25.6 Å². The molecule has 0 N–H and O–H groups in total. The highest BCUT2D eigenvalue weighted by molar-refractivity contribution is 9.11. The molecule has 4 nitrogen and oxygen atoms in total. The van der Waals surface area contributed by atoms with Crippen molar-refractivity contribution in [3.05, 3.63) is 117 Å². The molecule has 170 valence electrons. The Hall–Kier alpha value is -4.10. The van der Waals surface area contributed by atoms with Crippen LogP contribution in [-0.4, -0.2) is 9.97 Å². The van der Waals surface area contributed by atoms with Gasteiger partial charge in [-0.3, -0.25) is 0 Å². The molecule has 0 aliphatic rings. The van der Waals surface area contributed by atoms with E-state index in [1.807, 2.05) is 72.8 Å². The fourth-order valence-electron chi connectivity index (χ4n) is 3.84. The summed E-state index contributed by atoms with van der Waals surface area (Å²) in [4.78, 5) is 9.73. The topological polar surface area (TPSA) is 73.4 Å². The van der Waals surface area contributed by atoms with Crippen LogP contribution in [-0.2, 0) is 0 Å². The Bertz CT molecular complexity index is 1620. The zero-order chi connectivity index (χ0) is 25.1. The molecule has 0 aliphatic heterocycles. The van der Waals surface area contributed by atoms with Crippen LogP contribution in [0, 0.1) is 22.7 Å². The molecule has 4 aromatic carbocycles. The molecule has 0 saturated heterocycles. The number of nitriles is 2. The van der Waals surface area contributed by atoms with E-state index in [1.165, 1.54) is 0 Å². The molecule has 0 amide bonds. The number of benzene rings is 4. The second-order valence-electron chi connectivity index (χ2n) is 8.08. The Morgan fingerprint density at radius 1 is 0.472 bits per heavy atom. The van der Waals surface area contributed by atoms with Gasteiger partial charge in [-0.1, -0.05) is 68.3 Å². The summed E-state index contributed by atoms with van der Waals surface area (Å²) in [5.74, 6) is 0.583. The molecule has 0 atom stereocenters. The van der Waals surface area contributed by atoms with Crippen LogP contribution < -0.4 is 0 Å². The van der Waals surface area contributed by atoms with E-state index in [0.717, 1.165) is 48.2 Å². The molecule has 5 rings (SSSR count). The minimum Gasteiger partial charge on any atom is -0.228 e. The molecular formula is C30H16Br2N4. The second kappa shape index (κ2) is 10.3. The Morgan fingerprint density at radius 2 is 0.889 bits per heavy atom. The molecule has 6 heteroatoms. The lowest BCUT2D eigenvalue weighted by Gasteiger charge is -2.11. The van der Waals surface area contributed by atoms with E-state index < -0.39 is 0 Å². The Balaban J connectivity index is 1.60. The van der Waals surface area contributed by atoms with Crippen LogP contribution in [0.2, 0.25) is 0 Å². The Kier molecular flexibility index (Phi) is 6.73. The summed E-state index contributed by atoms with van der Waals surface area (Å²) in [6, 6.07) is 35.3.